The molecule has 9 nitrogen and oxygen atoms in total. The summed E-state index contributed by atoms with van der Waals surface area (Å²) in [5.74, 6) is -0.0534. The zero-order valence-electron chi connectivity index (χ0n) is 16.9. The second kappa shape index (κ2) is 8.33. The first-order chi connectivity index (χ1) is 15.3. The van der Waals surface area contributed by atoms with Crippen LogP contribution in [-0.4, -0.2) is 42.7 Å². The fourth-order valence-corrected chi connectivity index (χ4v) is 3.46. The van der Waals surface area contributed by atoms with Crippen molar-refractivity contribution in [2.45, 2.75) is 25.6 Å². The number of imide groups is 1. The van der Waals surface area contributed by atoms with Gasteiger partial charge in [0.05, 0.1) is 0 Å². The minimum absolute atomic E-state index is 0.0797. The summed E-state index contributed by atoms with van der Waals surface area (Å²) in [6, 6.07) is 9.83. The van der Waals surface area contributed by atoms with Crippen LogP contribution in [0.5, 0.6) is 17.2 Å². The zero-order valence-corrected chi connectivity index (χ0v) is 16.9. The number of ether oxygens (including phenoxy) is 3. The number of alkyl halides is 2. The number of carbonyl (C=O) groups is 3. The standard InChI is InChI=1S/C21H19F2N3O6/c1-21(13-3-5-14(6-4-13)32-19(22)23)18(28)26(20(29)25-21)10-17(27)24-9-12-2-7-15-16(8-12)31-11-30-15/h2-8,19H,9-11H2,1H3,(H,24,27)(H,25,29). The summed E-state index contributed by atoms with van der Waals surface area (Å²) < 4.78 is 39.5. The number of nitrogens with one attached hydrogen (secondary N) is 2. The van der Waals surface area contributed by atoms with Gasteiger partial charge in [-0.2, -0.15) is 8.78 Å². The molecule has 1 fully saturated rings. The Morgan fingerprint density at radius 2 is 1.91 bits per heavy atom. The summed E-state index contributed by atoms with van der Waals surface area (Å²) in [7, 11) is 0. The third kappa shape index (κ3) is 4.13. The maximum Gasteiger partial charge on any atom is 0.387 e. The Labute approximate surface area is 181 Å². The van der Waals surface area contributed by atoms with Gasteiger partial charge >= 0.3 is 12.6 Å². The monoisotopic (exact) mass is 447 g/mol. The van der Waals surface area contributed by atoms with Crippen molar-refractivity contribution in [2.75, 3.05) is 13.3 Å². The minimum Gasteiger partial charge on any atom is -0.454 e. The molecule has 0 saturated carbocycles. The summed E-state index contributed by atoms with van der Waals surface area (Å²) in [4.78, 5) is 38.5. The van der Waals surface area contributed by atoms with Crippen LogP contribution < -0.4 is 24.8 Å². The van der Waals surface area contributed by atoms with Crippen molar-refractivity contribution < 1.29 is 37.4 Å². The maximum absolute atomic E-state index is 12.9. The Hall–Kier alpha value is -3.89. The summed E-state index contributed by atoms with van der Waals surface area (Å²) >= 11 is 0. The van der Waals surface area contributed by atoms with E-state index >= 15 is 0 Å². The predicted molar refractivity (Wildman–Crippen MR) is 105 cm³/mol. The minimum atomic E-state index is -2.98. The van der Waals surface area contributed by atoms with E-state index in [1.54, 1.807) is 18.2 Å². The summed E-state index contributed by atoms with van der Waals surface area (Å²) in [5.41, 5.74) is -0.325. The number of hydrogen-bond donors (Lipinski definition) is 2. The molecule has 32 heavy (non-hydrogen) atoms. The van der Waals surface area contributed by atoms with Crippen LogP contribution in [0.3, 0.4) is 0 Å². The molecule has 11 heteroatoms. The van der Waals surface area contributed by atoms with Crippen LogP contribution >= 0.6 is 0 Å². The van der Waals surface area contributed by atoms with Gasteiger partial charge in [-0.25, -0.2) is 4.79 Å². The number of fused-ring (bicyclic) bond motifs is 1. The molecule has 0 radical (unpaired) electrons. The molecule has 4 amide bonds. The average Bonchev–Trinajstić information content (AvgIpc) is 3.30. The fraction of sp³-hybridized carbons (Fsp3) is 0.286. The number of nitrogens with zero attached hydrogens (tertiary/aromatic N) is 1. The molecule has 0 spiro atoms. The van der Waals surface area contributed by atoms with Crippen molar-refractivity contribution in [1.29, 1.82) is 0 Å². The van der Waals surface area contributed by atoms with Crippen molar-refractivity contribution in [2.24, 2.45) is 0 Å². The third-order valence-corrected chi connectivity index (χ3v) is 5.16. The molecule has 2 aliphatic rings. The van der Waals surface area contributed by atoms with Crippen LogP contribution in [0.25, 0.3) is 0 Å². The quantitative estimate of drug-likeness (QED) is 0.630. The molecule has 4 rings (SSSR count). The van der Waals surface area contributed by atoms with Gasteiger partial charge in [0, 0.05) is 6.54 Å². The van der Waals surface area contributed by atoms with Crippen LogP contribution in [0.15, 0.2) is 42.5 Å². The molecule has 2 aromatic rings. The topological polar surface area (TPSA) is 106 Å². The summed E-state index contributed by atoms with van der Waals surface area (Å²) in [5, 5.41) is 5.21. The third-order valence-electron chi connectivity index (χ3n) is 5.16. The van der Waals surface area contributed by atoms with Gasteiger partial charge in [0.15, 0.2) is 11.5 Å². The molecule has 1 atom stereocenters. The van der Waals surface area contributed by atoms with Crippen LogP contribution in [0.2, 0.25) is 0 Å². The van der Waals surface area contributed by atoms with E-state index < -0.39 is 36.5 Å². The molecular formula is C21H19F2N3O6. The second-order valence-corrected chi connectivity index (χ2v) is 7.31. The average molecular weight is 447 g/mol. The molecule has 0 aromatic heterocycles. The van der Waals surface area contributed by atoms with Crippen LogP contribution in [0.4, 0.5) is 13.6 Å². The van der Waals surface area contributed by atoms with E-state index in [2.05, 4.69) is 15.4 Å². The van der Waals surface area contributed by atoms with Crippen LogP contribution in [0.1, 0.15) is 18.1 Å². The first-order valence-corrected chi connectivity index (χ1v) is 9.61. The molecule has 0 bridgehead atoms. The zero-order chi connectivity index (χ0) is 22.9. The predicted octanol–water partition coefficient (Wildman–Crippen LogP) is 2.10. The van der Waals surface area contributed by atoms with E-state index in [0.29, 0.717) is 17.1 Å². The first-order valence-electron chi connectivity index (χ1n) is 9.61. The number of urea groups is 1. The van der Waals surface area contributed by atoms with Gasteiger partial charge in [-0.05, 0) is 42.3 Å². The largest absolute Gasteiger partial charge is 0.454 e. The Bertz CT molecular complexity index is 1060. The SMILES string of the molecule is CC1(c2ccc(OC(F)F)cc2)NC(=O)N(CC(=O)NCc2ccc3c(c2)OCO3)C1=O. The summed E-state index contributed by atoms with van der Waals surface area (Å²) in [6.07, 6.45) is 0. The van der Waals surface area contributed by atoms with Crippen LogP contribution in [0, 0.1) is 0 Å². The van der Waals surface area contributed by atoms with Gasteiger partial charge in [-0.1, -0.05) is 18.2 Å². The lowest BCUT2D eigenvalue weighted by Gasteiger charge is -2.22. The molecule has 1 saturated heterocycles. The molecule has 1 unspecified atom stereocenters. The van der Waals surface area contributed by atoms with E-state index in [1.165, 1.54) is 31.2 Å². The lowest BCUT2D eigenvalue weighted by molar-refractivity contribution is -0.134. The van der Waals surface area contributed by atoms with Gasteiger partial charge in [-0.3, -0.25) is 14.5 Å². The highest BCUT2D eigenvalue weighted by molar-refractivity contribution is 6.09. The lowest BCUT2D eigenvalue weighted by atomic mass is 9.92. The lowest BCUT2D eigenvalue weighted by Crippen LogP contribution is -2.43. The highest BCUT2D eigenvalue weighted by atomic mass is 19.3. The molecule has 2 heterocycles. The van der Waals surface area contributed by atoms with Crippen LogP contribution in [-0.2, 0) is 21.7 Å². The number of carbonyl (C=O) groups excluding carboxylic acids is 3. The van der Waals surface area contributed by atoms with Crippen molar-refractivity contribution >= 4 is 17.8 Å². The van der Waals surface area contributed by atoms with Crippen molar-refractivity contribution in [3.8, 4) is 17.2 Å². The highest BCUT2D eigenvalue weighted by Crippen LogP contribution is 2.32. The first kappa shape index (κ1) is 21.3. The van der Waals surface area contributed by atoms with Gasteiger partial charge in [0.25, 0.3) is 5.91 Å². The van der Waals surface area contributed by atoms with Gasteiger partial charge in [0.1, 0.15) is 17.8 Å². The fourth-order valence-electron chi connectivity index (χ4n) is 3.46. The summed E-state index contributed by atoms with van der Waals surface area (Å²) in [6.45, 7) is -1.67. The Balaban J connectivity index is 1.38. The van der Waals surface area contributed by atoms with Crippen molar-refractivity contribution in [3.05, 3.63) is 53.6 Å². The maximum atomic E-state index is 12.9. The Morgan fingerprint density at radius 3 is 2.62 bits per heavy atom. The van der Waals surface area contributed by atoms with E-state index in [9.17, 15) is 23.2 Å². The highest BCUT2D eigenvalue weighted by Gasteiger charge is 2.49. The second-order valence-electron chi connectivity index (χ2n) is 7.31. The van der Waals surface area contributed by atoms with Gasteiger partial charge in [-0.15, -0.1) is 0 Å². The smallest absolute Gasteiger partial charge is 0.387 e. The molecule has 2 aromatic carbocycles. The Morgan fingerprint density at radius 1 is 1.19 bits per heavy atom. The van der Waals surface area contributed by atoms with E-state index in [0.717, 1.165) is 10.5 Å². The number of halogens is 2. The van der Waals surface area contributed by atoms with Gasteiger partial charge < -0.3 is 24.8 Å². The van der Waals surface area contributed by atoms with E-state index in [4.69, 9.17) is 9.47 Å². The molecule has 2 N–H and O–H groups in total. The molecule has 168 valence electrons. The Kier molecular flexibility index (Phi) is 5.56. The van der Waals surface area contributed by atoms with Crippen molar-refractivity contribution in [1.82, 2.24) is 15.5 Å². The van der Waals surface area contributed by atoms with Crippen molar-refractivity contribution in [3.63, 3.8) is 0 Å². The van der Waals surface area contributed by atoms with E-state index in [-0.39, 0.29) is 19.1 Å². The number of benzene rings is 2. The molecule has 0 aliphatic carbocycles. The van der Waals surface area contributed by atoms with E-state index in [1.807, 2.05) is 0 Å². The molecular weight excluding hydrogens is 428 g/mol. The number of hydrogen-bond acceptors (Lipinski definition) is 6. The number of amides is 4. The number of rotatable bonds is 7. The van der Waals surface area contributed by atoms with Gasteiger partial charge in [0.2, 0.25) is 12.7 Å². The normalized spacial score (nSPS) is 19.3. The molecule has 2 aliphatic heterocycles.